The number of thioether (sulfide) groups is 1. The molecule has 3 aromatic rings. The fourth-order valence-electron chi connectivity index (χ4n) is 13.3. The topological polar surface area (TPSA) is 733 Å². The molecule has 712 valence electrons. The van der Waals surface area contributed by atoms with Gasteiger partial charge in [0.05, 0.1) is 68.1 Å². The second kappa shape index (κ2) is 54.7. The van der Waals surface area contributed by atoms with Crippen molar-refractivity contribution >= 4 is 124 Å². The zero-order valence-electron chi connectivity index (χ0n) is 74.2. The van der Waals surface area contributed by atoms with E-state index in [2.05, 4.69) is 104 Å². The van der Waals surface area contributed by atoms with Crippen molar-refractivity contribution in [3.05, 3.63) is 54.7 Å². The Hall–Kier alpha value is -12.2. The van der Waals surface area contributed by atoms with E-state index in [4.69, 9.17) is 22.3 Å². The van der Waals surface area contributed by atoms with Crippen LogP contribution in [-0.2, 0) is 110 Å². The third-order valence-corrected chi connectivity index (χ3v) is 21.2. The molecule has 128 heavy (non-hydrogen) atoms. The second-order valence-electron chi connectivity index (χ2n) is 32.8. The van der Waals surface area contributed by atoms with E-state index in [1.54, 1.807) is 55.4 Å². The lowest BCUT2D eigenvalue weighted by molar-refractivity contribution is -0.147. The number of aliphatic hydroxyl groups excluding tert-OH is 1. The van der Waals surface area contributed by atoms with E-state index in [-0.39, 0.29) is 106 Å². The van der Waals surface area contributed by atoms with Gasteiger partial charge >= 0.3 is 11.9 Å². The molecule has 0 aromatic carbocycles. The van der Waals surface area contributed by atoms with Gasteiger partial charge in [0, 0.05) is 44.4 Å². The molecule has 0 radical (unpaired) electrons. The Morgan fingerprint density at radius 1 is 0.477 bits per heavy atom. The van der Waals surface area contributed by atoms with Gasteiger partial charge in [-0.2, -0.15) is 11.8 Å². The van der Waals surface area contributed by atoms with Crippen LogP contribution in [0.25, 0.3) is 0 Å². The number of rotatable bonds is 58. The maximum absolute atomic E-state index is 14.8. The van der Waals surface area contributed by atoms with Crippen molar-refractivity contribution in [1.29, 1.82) is 0 Å². The van der Waals surface area contributed by atoms with Crippen LogP contribution in [0.4, 0.5) is 0 Å². The Morgan fingerprint density at radius 2 is 0.875 bits per heavy atom. The van der Waals surface area contributed by atoms with Gasteiger partial charge in [-0.3, -0.25) is 86.3 Å². The van der Waals surface area contributed by atoms with Gasteiger partial charge in [-0.15, -0.1) is 0 Å². The molecular formula is C80H129N25O22S. The van der Waals surface area contributed by atoms with Gasteiger partial charge in [0.1, 0.15) is 90.6 Å². The van der Waals surface area contributed by atoms with E-state index in [1.807, 2.05) is 11.6 Å². The summed E-state index contributed by atoms with van der Waals surface area (Å²) in [7, 11) is 0. The van der Waals surface area contributed by atoms with Crippen molar-refractivity contribution in [3.63, 3.8) is 0 Å². The summed E-state index contributed by atoms with van der Waals surface area (Å²) >= 11 is 1.48. The lowest BCUT2D eigenvalue weighted by atomic mass is 9.96. The number of hydrogen-bond acceptors (Lipinski definition) is 26. The normalized spacial score (nSPS) is 16.2. The molecule has 4 rings (SSSR count). The fourth-order valence-corrected chi connectivity index (χ4v) is 13.8. The average molecular weight is 1830 g/mol. The highest BCUT2D eigenvalue weighted by atomic mass is 32.2. The first-order chi connectivity index (χ1) is 60.4. The lowest BCUT2D eigenvalue weighted by Gasteiger charge is -2.31. The van der Waals surface area contributed by atoms with Crippen LogP contribution in [0.2, 0.25) is 0 Å². The second-order valence-corrected chi connectivity index (χ2v) is 33.8. The molecule has 4 heterocycles. The zero-order valence-corrected chi connectivity index (χ0v) is 75.0. The van der Waals surface area contributed by atoms with Crippen LogP contribution in [0.5, 0.6) is 0 Å². The van der Waals surface area contributed by atoms with Gasteiger partial charge in [-0.05, 0) is 121 Å². The van der Waals surface area contributed by atoms with Crippen LogP contribution < -0.4 is 97.0 Å². The fraction of sp³-hybridized carbons (Fsp3) is 0.650. The molecule has 47 nitrogen and oxygen atoms in total. The average Bonchev–Trinajstić information content (AvgIpc) is 1.67. The third-order valence-electron chi connectivity index (χ3n) is 20.5. The molecule has 3 aromatic heterocycles. The summed E-state index contributed by atoms with van der Waals surface area (Å²) in [5.74, 6) is -19.7. The number of H-pyrrole nitrogens is 3. The van der Waals surface area contributed by atoms with Gasteiger partial charge in [0.25, 0.3) is 0 Å². The number of aromatic amines is 3. The van der Waals surface area contributed by atoms with E-state index >= 15 is 0 Å². The van der Waals surface area contributed by atoms with E-state index in [0.717, 1.165) is 0 Å². The SMILES string of the molecule is CCC(C)C(NC(=O)C(CC(C)C)NC(=O)C(Cc1c[nH]cn1)NC(=O)C(C)NC(=O)C(C)NC(=O)C1CCCN1C(=O)C(CCCCN)NC(=O)C(CC(C)C)NC(=O)C(CC(N)=O)NC(=O)C(CO)NC(=O)C(Cc1c[nH]cn1)NC(=O)C(C)NC(=O)C(CC(C)C)NC(=O)C(Cc1c[nH]cn1)NC(=O)C(N)CCSC)C(=O)NCC(=O)NC(CC(=O)O)C(=O)O. The van der Waals surface area contributed by atoms with Crippen LogP contribution in [0.3, 0.4) is 0 Å². The molecule has 0 bridgehead atoms. The first-order valence-electron chi connectivity index (χ1n) is 42.4. The zero-order chi connectivity index (χ0) is 95.8. The Bertz CT molecular complexity index is 4210. The summed E-state index contributed by atoms with van der Waals surface area (Å²) in [4.78, 5) is 281. The predicted molar refractivity (Wildman–Crippen MR) is 461 cm³/mol. The van der Waals surface area contributed by atoms with E-state index in [0.29, 0.717) is 30.7 Å². The van der Waals surface area contributed by atoms with Crippen LogP contribution in [0.1, 0.15) is 170 Å². The Morgan fingerprint density at radius 3 is 1.30 bits per heavy atom. The van der Waals surface area contributed by atoms with Gasteiger partial charge in [0.2, 0.25) is 100 Å². The molecule has 1 fully saturated rings. The Kier molecular flexibility index (Phi) is 46.2. The number of nitrogens with zero attached hydrogens (tertiary/aromatic N) is 4. The Balaban J connectivity index is 1.46. The summed E-state index contributed by atoms with van der Waals surface area (Å²) in [6.07, 6.45) is 9.17. The molecule has 0 aliphatic carbocycles. The minimum atomic E-state index is -1.92. The van der Waals surface area contributed by atoms with E-state index in [9.17, 15) is 101 Å². The number of primary amides is 1. The number of carbonyl (C=O) groups is 19. The first-order valence-corrected chi connectivity index (χ1v) is 43.8. The Labute approximate surface area is 744 Å². The van der Waals surface area contributed by atoms with Crippen molar-refractivity contribution < 1.29 is 106 Å². The van der Waals surface area contributed by atoms with Gasteiger partial charge in [-0.1, -0.05) is 61.8 Å². The number of likely N-dealkylation sites (tertiary alicyclic amines) is 1. The van der Waals surface area contributed by atoms with Crippen molar-refractivity contribution in [2.45, 2.75) is 269 Å². The summed E-state index contributed by atoms with van der Waals surface area (Å²) in [6, 6.07) is -23.1. The molecule has 17 atom stereocenters. The van der Waals surface area contributed by atoms with Gasteiger partial charge < -0.3 is 132 Å². The molecule has 0 saturated carbocycles. The minimum absolute atomic E-state index is 0.00220. The monoisotopic (exact) mass is 1820 g/mol. The predicted octanol–water partition coefficient (Wildman–Crippen LogP) is -6.34. The maximum atomic E-state index is 14.8. The number of aliphatic carboxylic acids is 2. The van der Waals surface area contributed by atoms with E-state index < -0.39 is 241 Å². The largest absolute Gasteiger partial charge is 0.481 e. The standard InChI is InChI=1S/C80H129N25O22S/c1-13-42(8)64(78(124)87-34-62(108)94-58(80(126)127)30-63(109)110)104-75(121)53(25-41(6)7)101-71(117)54(26-46-31-84-36-88-46)96-66(112)44(10)91-65(111)43(9)93-77(123)60-18-16-21-105(60)79(125)50(17-14-15-20-81)95-70(116)52(24-40(4)5)100-74(120)57(29-61(83)107)102-76(122)59(35-106)103-73(119)55(27-47-32-85-37-89-47)97-67(113)45(11)92-69(115)51(23-39(2)3)99-72(118)56(28-48-33-86-38-90-48)98-68(114)49(82)19-22-128-12/h31-33,36-45,49-60,64,106H,13-30,34-35,81-82H2,1-12H3,(H2,83,107)(H,84,88)(H,85,89)(H,86,90)(H,87,124)(H,91,111)(H,92,115)(H,93,123)(H,94,108)(H,95,116)(H,96,112)(H,97,113)(H,98,114)(H,99,118)(H,100,120)(H,101,117)(H,102,122)(H,103,119)(H,104,121)(H,109,110)(H,126,127). The number of aromatic nitrogens is 6. The highest BCUT2D eigenvalue weighted by molar-refractivity contribution is 7.98. The number of unbranched alkanes of at least 4 members (excludes halogenated alkanes) is 1. The molecule has 1 saturated heterocycles. The number of nitrogens with two attached hydrogens (primary N) is 3. The minimum Gasteiger partial charge on any atom is -0.481 e. The molecule has 1 aliphatic heterocycles. The summed E-state index contributed by atoms with van der Waals surface area (Å²) in [5.41, 5.74) is 18.5. The molecule has 0 spiro atoms. The van der Waals surface area contributed by atoms with Crippen molar-refractivity contribution in [1.82, 2.24) is 115 Å². The van der Waals surface area contributed by atoms with Crippen LogP contribution in [0, 0.1) is 23.7 Å². The third kappa shape index (κ3) is 37.4. The number of carboxylic acid groups (broad SMARTS) is 2. The number of carbonyl (C=O) groups excluding carboxylic acids is 17. The van der Waals surface area contributed by atoms with Gasteiger partial charge in [0.15, 0.2) is 0 Å². The quantitative estimate of drug-likeness (QED) is 0.0234. The summed E-state index contributed by atoms with van der Waals surface area (Å²) in [6.45, 7) is 15.9. The van der Waals surface area contributed by atoms with Gasteiger partial charge in [-0.25, -0.2) is 19.7 Å². The van der Waals surface area contributed by atoms with E-state index in [1.165, 1.54) is 75.0 Å². The molecule has 48 heteroatoms. The molecule has 17 unspecified atom stereocenters. The van der Waals surface area contributed by atoms with Crippen LogP contribution >= 0.6 is 11.8 Å². The molecular weight excluding hydrogens is 1700 g/mol. The smallest absolute Gasteiger partial charge is 0.326 e. The summed E-state index contributed by atoms with van der Waals surface area (Å²) < 4.78 is 0. The number of imidazole rings is 3. The highest BCUT2D eigenvalue weighted by Crippen LogP contribution is 2.22. The lowest BCUT2D eigenvalue weighted by Crippen LogP contribution is -2.61. The maximum Gasteiger partial charge on any atom is 0.326 e. The molecule has 17 amide bonds. The van der Waals surface area contributed by atoms with Crippen molar-refractivity contribution in [2.75, 3.05) is 38.2 Å². The van der Waals surface area contributed by atoms with Crippen LogP contribution in [-0.4, -0.2) is 297 Å². The van der Waals surface area contributed by atoms with Crippen molar-refractivity contribution in [2.24, 2.45) is 40.9 Å². The summed E-state index contributed by atoms with van der Waals surface area (Å²) in [5, 5.41) is 66.6. The number of aliphatic hydroxyl groups is 1. The number of carboxylic acids is 2. The number of amides is 17. The first kappa shape index (κ1) is 108. The van der Waals surface area contributed by atoms with Crippen molar-refractivity contribution in [3.8, 4) is 0 Å². The molecule has 1 aliphatic rings. The number of hydrogen-bond donors (Lipinski definition) is 24. The highest BCUT2D eigenvalue weighted by Gasteiger charge is 2.42. The molecule has 27 N–H and O–H groups in total. The number of nitrogens with one attached hydrogen (secondary N) is 18. The van der Waals surface area contributed by atoms with Crippen LogP contribution in [0.15, 0.2) is 37.6 Å².